The Bertz CT molecular complexity index is 645. The number of hydrogen-bond donors (Lipinski definition) is 1. The summed E-state index contributed by atoms with van der Waals surface area (Å²) in [4.78, 5) is 21.0. The lowest BCUT2D eigenvalue weighted by Crippen LogP contribution is -2.48. The lowest BCUT2D eigenvalue weighted by atomic mass is 9.92. The average Bonchev–Trinajstić information content (AvgIpc) is 3.04. The summed E-state index contributed by atoms with van der Waals surface area (Å²) in [7, 11) is 0. The molecule has 1 aromatic carbocycles. The van der Waals surface area contributed by atoms with Gasteiger partial charge in [0.05, 0.1) is 6.54 Å². The van der Waals surface area contributed by atoms with Crippen LogP contribution in [-0.2, 0) is 17.9 Å². The largest absolute Gasteiger partial charge is 0.357 e. The van der Waals surface area contributed by atoms with Gasteiger partial charge in [0, 0.05) is 39.1 Å². The Morgan fingerprint density at radius 1 is 1.15 bits per heavy atom. The predicted octanol–water partition coefficient (Wildman–Crippen LogP) is 3.25. The van der Waals surface area contributed by atoms with Crippen molar-refractivity contribution < 1.29 is 4.79 Å². The highest BCUT2D eigenvalue weighted by atomic mass is 16.2. The number of aliphatic imine (C=N–C) groups is 1. The molecule has 3 rings (SSSR count). The zero-order valence-electron chi connectivity index (χ0n) is 17.1. The summed E-state index contributed by atoms with van der Waals surface area (Å²) in [6, 6.07) is 8.55. The summed E-state index contributed by atoms with van der Waals surface area (Å²) >= 11 is 0. The third kappa shape index (κ3) is 5.47. The van der Waals surface area contributed by atoms with Crippen LogP contribution in [0.25, 0.3) is 0 Å². The van der Waals surface area contributed by atoms with Crippen molar-refractivity contribution in [1.29, 1.82) is 0 Å². The molecule has 0 saturated carbocycles. The number of carbonyl (C=O) groups is 1. The molecule has 2 unspecified atom stereocenters. The third-order valence-corrected chi connectivity index (χ3v) is 5.48. The van der Waals surface area contributed by atoms with E-state index in [4.69, 9.17) is 4.99 Å². The second kappa shape index (κ2) is 9.25. The van der Waals surface area contributed by atoms with Gasteiger partial charge in [0.1, 0.15) is 0 Å². The van der Waals surface area contributed by atoms with Crippen LogP contribution in [0.4, 0.5) is 0 Å². The molecule has 2 fully saturated rings. The molecule has 1 amide bonds. The molecule has 2 aliphatic heterocycles. The summed E-state index contributed by atoms with van der Waals surface area (Å²) in [6.07, 6.45) is 3.00. The van der Waals surface area contributed by atoms with Gasteiger partial charge in [-0.05, 0) is 42.7 Å². The van der Waals surface area contributed by atoms with Gasteiger partial charge in [-0.25, -0.2) is 4.99 Å². The van der Waals surface area contributed by atoms with Crippen molar-refractivity contribution in [3.8, 4) is 0 Å². The van der Waals surface area contributed by atoms with E-state index in [0.717, 1.165) is 45.1 Å². The van der Waals surface area contributed by atoms with Gasteiger partial charge >= 0.3 is 0 Å². The Kier molecular flexibility index (Phi) is 6.75. The molecule has 5 heteroatoms. The molecule has 27 heavy (non-hydrogen) atoms. The van der Waals surface area contributed by atoms with Gasteiger partial charge in [-0.15, -0.1) is 0 Å². The van der Waals surface area contributed by atoms with Gasteiger partial charge < -0.3 is 15.1 Å². The first kappa shape index (κ1) is 19.7. The molecule has 5 nitrogen and oxygen atoms in total. The fraction of sp³-hybridized carbons (Fsp3) is 0.636. The summed E-state index contributed by atoms with van der Waals surface area (Å²) in [5, 5.41) is 3.46. The maximum absolute atomic E-state index is 11.8. The minimum atomic E-state index is 0.281. The first-order valence-corrected chi connectivity index (χ1v) is 10.4. The topological polar surface area (TPSA) is 47.9 Å². The third-order valence-electron chi connectivity index (χ3n) is 5.48. The molecule has 148 valence electrons. The molecule has 2 saturated heterocycles. The van der Waals surface area contributed by atoms with E-state index in [2.05, 4.69) is 55.3 Å². The van der Waals surface area contributed by atoms with Crippen LogP contribution in [0, 0.1) is 11.8 Å². The summed E-state index contributed by atoms with van der Waals surface area (Å²) in [5.74, 6) is 2.74. The monoisotopic (exact) mass is 370 g/mol. The smallest absolute Gasteiger partial charge is 0.222 e. The number of nitrogens with zero attached hydrogens (tertiary/aromatic N) is 3. The minimum absolute atomic E-state index is 0.281. The molecule has 2 aliphatic rings. The zero-order chi connectivity index (χ0) is 19.2. The molecule has 2 atom stereocenters. The molecule has 0 aromatic heterocycles. The van der Waals surface area contributed by atoms with Crippen LogP contribution in [0.3, 0.4) is 0 Å². The first-order chi connectivity index (χ1) is 13.0. The number of likely N-dealkylation sites (tertiary alicyclic amines) is 2. The Balaban J connectivity index is 1.61. The second-order valence-electron chi connectivity index (χ2n) is 8.26. The predicted molar refractivity (Wildman–Crippen MR) is 110 cm³/mol. The van der Waals surface area contributed by atoms with Gasteiger partial charge in [-0.3, -0.25) is 4.79 Å². The summed E-state index contributed by atoms with van der Waals surface area (Å²) < 4.78 is 0. The van der Waals surface area contributed by atoms with E-state index in [1.54, 1.807) is 0 Å². The number of guanidine groups is 1. The zero-order valence-corrected chi connectivity index (χ0v) is 17.1. The second-order valence-corrected chi connectivity index (χ2v) is 8.26. The van der Waals surface area contributed by atoms with Crippen molar-refractivity contribution in [2.45, 2.75) is 53.1 Å². The van der Waals surface area contributed by atoms with E-state index in [-0.39, 0.29) is 5.91 Å². The van der Waals surface area contributed by atoms with E-state index in [0.29, 0.717) is 24.8 Å². The van der Waals surface area contributed by atoms with Gasteiger partial charge in [-0.2, -0.15) is 0 Å². The van der Waals surface area contributed by atoms with Crippen molar-refractivity contribution in [2.75, 3.05) is 26.2 Å². The Labute approximate surface area is 163 Å². The van der Waals surface area contributed by atoms with Crippen LogP contribution in [0.5, 0.6) is 0 Å². The van der Waals surface area contributed by atoms with E-state index in [9.17, 15) is 4.79 Å². The lowest BCUT2D eigenvalue weighted by molar-refractivity contribution is -0.128. The molecular weight excluding hydrogens is 336 g/mol. The van der Waals surface area contributed by atoms with Gasteiger partial charge in [0.2, 0.25) is 5.91 Å². The maximum atomic E-state index is 11.8. The number of nitrogens with one attached hydrogen (secondary N) is 1. The Morgan fingerprint density at radius 2 is 1.81 bits per heavy atom. The van der Waals surface area contributed by atoms with E-state index < -0.39 is 0 Å². The highest BCUT2D eigenvalue weighted by Crippen LogP contribution is 2.21. The van der Waals surface area contributed by atoms with Crippen LogP contribution < -0.4 is 5.32 Å². The number of carbonyl (C=O) groups excluding carboxylic acids is 1. The van der Waals surface area contributed by atoms with Crippen molar-refractivity contribution >= 4 is 11.9 Å². The summed E-state index contributed by atoms with van der Waals surface area (Å²) in [5.41, 5.74) is 2.41. The highest BCUT2D eigenvalue weighted by Gasteiger charge is 2.24. The number of rotatable bonds is 5. The quantitative estimate of drug-likeness (QED) is 0.639. The van der Waals surface area contributed by atoms with Crippen LogP contribution >= 0.6 is 0 Å². The van der Waals surface area contributed by atoms with Crippen molar-refractivity contribution in [3.63, 3.8) is 0 Å². The fourth-order valence-corrected chi connectivity index (χ4v) is 4.27. The molecular formula is C22H34N4O. The molecule has 0 bridgehead atoms. The van der Waals surface area contributed by atoms with Gasteiger partial charge in [0.25, 0.3) is 0 Å². The number of benzene rings is 1. The number of piperidine rings is 1. The molecule has 0 aliphatic carbocycles. The molecule has 0 radical (unpaired) electrons. The standard InChI is InChI=1S/C22H34N4O/c1-4-23-22(26-14-17(2)12-18(3)15-26)24-13-19-7-9-20(10-8-19)16-25-11-5-6-21(25)27/h7-10,17-18H,4-6,11-16H2,1-3H3,(H,23,24). The normalized spacial score (nSPS) is 23.8. The van der Waals surface area contributed by atoms with Crippen LogP contribution in [0.2, 0.25) is 0 Å². The molecule has 1 aromatic rings. The SMILES string of the molecule is CCNC(=NCc1ccc(CN2CCCC2=O)cc1)N1CC(C)CC(C)C1. The van der Waals surface area contributed by atoms with Crippen molar-refractivity contribution in [1.82, 2.24) is 15.1 Å². The Hall–Kier alpha value is -2.04. The van der Waals surface area contributed by atoms with Gasteiger partial charge in [0.15, 0.2) is 5.96 Å². The Morgan fingerprint density at radius 3 is 2.41 bits per heavy atom. The first-order valence-electron chi connectivity index (χ1n) is 10.4. The molecule has 2 heterocycles. The number of hydrogen-bond acceptors (Lipinski definition) is 2. The number of amides is 1. The van der Waals surface area contributed by atoms with E-state index >= 15 is 0 Å². The van der Waals surface area contributed by atoms with Gasteiger partial charge in [-0.1, -0.05) is 38.1 Å². The van der Waals surface area contributed by atoms with Crippen LogP contribution in [0.15, 0.2) is 29.3 Å². The van der Waals surface area contributed by atoms with Crippen molar-refractivity contribution in [2.24, 2.45) is 16.8 Å². The van der Waals surface area contributed by atoms with Crippen LogP contribution in [-0.4, -0.2) is 47.8 Å². The van der Waals surface area contributed by atoms with E-state index in [1.165, 1.54) is 17.5 Å². The summed E-state index contributed by atoms with van der Waals surface area (Å²) in [6.45, 7) is 12.1. The fourth-order valence-electron chi connectivity index (χ4n) is 4.27. The highest BCUT2D eigenvalue weighted by molar-refractivity contribution is 5.80. The molecule has 0 spiro atoms. The average molecular weight is 371 g/mol. The minimum Gasteiger partial charge on any atom is -0.357 e. The van der Waals surface area contributed by atoms with Crippen molar-refractivity contribution in [3.05, 3.63) is 35.4 Å². The molecule has 1 N–H and O–H groups in total. The van der Waals surface area contributed by atoms with Crippen LogP contribution in [0.1, 0.15) is 51.2 Å². The van der Waals surface area contributed by atoms with E-state index in [1.807, 2.05) is 4.90 Å². The maximum Gasteiger partial charge on any atom is 0.222 e. The lowest BCUT2D eigenvalue weighted by Gasteiger charge is -2.37.